The summed E-state index contributed by atoms with van der Waals surface area (Å²) in [5.74, 6) is -1.46. The van der Waals surface area contributed by atoms with E-state index >= 15 is 0 Å². The fourth-order valence-electron chi connectivity index (χ4n) is 1.94. The van der Waals surface area contributed by atoms with Gasteiger partial charge in [0.05, 0.1) is 17.2 Å². The molecule has 2 aromatic rings. The van der Waals surface area contributed by atoms with E-state index in [2.05, 4.69) is 0 Å². The number of carbonyl (C=O) groups excluding carboxylic acids is 1. The van der Waals surface area contributed by atoms with Crippen LogP contribution in [0.5, 0.6) is 0 Å². The van der Waals surface area contributed by atoms with Crippen molar-refractivity contribution in [2.24, 2.45) is 0 Å². The summed E-state index contributed by atoms with van der Waals surface area (Å²) in [7, 11) is 0. The zero-order chi connectivity index (χ0) is 14.0. The SMILES string of the molecule is CC(C)OC(=O)c1ccc(C(=O)O)c2ccccc12. The second kappa shape index (κ2) is 5.10. The number of aromatic carboxylic acids is 1. The fourth-order valence-corrected chi connectivity index (χ4v) is 1.94. The maximum atomic E-state index is 12.0. The minimum absolute atomic E-state index is 0.177. The zero-order valence-electron chi connectivity index (χ0n) is 10.7. The highest BCUT2D eigenvalue weighted by Gasteiger charge is 2.16. The van der Waals surface area contributed by atoms with Crippen molar-refractivity contribution in [3.05, 3.63) is 47.5 Å². The van der Waals surface area contributed by atoms with Crippen LogP contribution in [0.4, 0.5) is 0 Å². The first-order valence-electron chi connectivity index (χ1n) is 5.96. The Kier molecular flexibility index (Phi) is 3.51. The van der Waals surface area contributed by atoms with Crippen LogP contribution in [0.15, 0.2) is 36.4 Å². The van der Waals surface area contributed by atoms with E-state index in [1.54, 1.807) is 38.1 Å². The van der Waals surface area contributed by atoms with Gasteiger partial charge in [0.1, 0.15) is 0 Å². The molecule has 0 aliphatic heterocycles. The number of benzene rings is 2. The molecule has 4 heteroatoms. The third-order valence-electron chi connectivity index (χ3n) is 2.72. The molecule has 0 atom stereocenters. The normalized spacial score (nSPS) is 10.7. The molecule has 0 fully saturated rings. The number of hydrogen-bond donors (Lipinski definition) is 1. The average Bonchev–Trinajstić information content (AvgIpc) is 2.36. The number of carboxylic acids is 1. The molecule has 0 bridgehead atoms. The summed E-state index contributed by atoms with van der Waals surface area (Å²) in [5, 5.41) is 10.3. The number of ether oxygens (including phenoxy) is 1. The van der Waals surface area contributed by atoms with E-state index in [0.717, 1.165) is 0 Å². The molecule has 2 rings (SSSR count). The molecular formula is C15H14O4. The number of rotatable bonds is 3. The molecule has 0 saturated carbocycles. The molecule has 98 valence electrons. The van der Waals surface area contributed by atoms with Crippen LogP contribution < -0.4 is 0 Å². The van der Waals surface area contributed by atoms with Crippen LogP contribution in [0.25, 0.3) is 10.8 Å². The minimum atomic E-state index is -1.01. The second-order valence-electron chi connectivity index (χ2n) is 4.47. The van der Waals surface area contributed by atoms with Crippen LogP contribution in [0.3, 0.4) is 0 Å². The van der Waals surface area contributed by atoms with Gasteiger partial charge in [0.15, 0.2) is 0 Å². The van der Waals surface area contributed by atoms with Crippen molar-refractivity contribution in [2.45, 2.75) is 20.0 Å². The molecule has 1 N–H and O–H groups in total. The Morgan fingerprint density at radius 3 is 2.05 bits per heavy atom. The maximum absolute atomic E-state index is 12.0. The molecule has 0 aliphatic carbocycles. The third-order valence-corrected chi connectivity index (χ3v) is 2.72. The molecule has 0 saturated heterocycles. The molecule has 19 heavy (non-hydrogen) atoms. The molecule has 2 aromatic carbocycles. The van der Waals surface area contributed by atoms with Gasteiger partial charge in [0.25, 0.3) is 0 Å². The average molecular weight is 258 g/mol. The van der Waals surface area contributed by atoms with Gasteiger partial charge in [0.2, 0.25) is 0 Å². The van der Waals surface area contributed by atoms with E-state index in [1.807, 2.05) is 0 Å². The van der Waals surface area contributed by atoms with Crippen molar-refractivity contribution < 1.29 is 19.4 Å². The Hall–Kier alpha value is -2.36. The maximum Gasteiger partial charge on any atom is 0.339 e. The lowest BCUT2D eigenvalue weighted by molar-refractivity contribution is 0.0379. The predicted octanol–water partition coefficient (Wildman–Crippen LogP) is 3.10. The van der Waals surface area contributed by atoms with Crippen LogP contribution in [0.2, 0.25) is 0 Å². The third kappa shape index (κ3) is 2.57. The Bertz CT molecular complexity index is 644. The summed E-state index contributed by atoms with van der Waals surface area (Å²) >= 11 is 0. The summed E-state index contributed by atoms with van der Waals surface area (Å²) < 4.78 is 5.16. The molecule has 0 unspecified atom stereocenters. The van der Waals surface area contributed by atoms with Gasteiger partial charge in [-0.1, -0.05) is 24.3 Å². The van der Waals surface area contributed by atoms with Crippen molar-refractivity contribution in [2.75, 3.05) is 0 Å². The number of carboxylic acid groups (broad SMARTS) is 1. The molecule has 4 nitrogen and oxygen atoms in total. The van der Waals surface area contributed by atoms with E-state index < -0.39 is 11.9 Å². The largest absolute Gasteiger partial charge is 0.478 e. The highest BCUT2D eigenvalue weighted by atomic mass is 16.5. The smallest absolute Gasteiger partial charge is 0.339 e. The Morgan fingerprint density at radius 1 is 1.00 bits per heavy atom. The van der Waals surface area contributed by atoms with Crippen molar-refractivity contribution in [3.8, 4) is 0 Å². The molecule has 0 spiro atoms. The Balaban J connectivity index is 2.62. The fraction of sp³-hybridized carbons (Fsp3) is 0.200. The van der Waals surface area contributed by atoms with Crippen molar-refractivity contribution >= 4 is 22.7 Å². The van der Waals surface area contributed by atoms with Crippen LogP contribution in [0.1, 0.15) is 34.6 Å². The topological polar surface area (TPSA) is 63.6 Å². The van der Waals surface area contributed by atoms with Crippen LogP contribution in [-0.2, 0) is 4.74 Å². The van der Waals surface area contributed by atoms with Gasteiger partial charge in [-0.2, -0.15) is 0 Å². The molecular weight excluding hydrogens is 244 g/mol. The van der Waals surface area contributed by atoms with Gasteiger partial charge in [-0.25, -0.2) is 9.59 Å². The monoisotopic (exact) mass is 258 g/mol. The van der Waals surface area contributed by atoms with Crippen LogP contribution in [-0.4, -0.2) is 23.1 Å². The van der Waals surface area contributed by atoms with E-state index in [1.165, 1.54) is 12.1 Å². The molecule has 0 aliphatic rings. The van der Waals surface area contributed by atoms with Crippen LogP contribution in [0, 0.1) is 0 Å². The van der Waals surface area contributed by atoms with Gasteiger partial charge < -0.3 is 9.84 Å². The highest BCUT2D eigenvalue weighted by molar-refractivity contribution is 6.11. The number of carbonyl (C=O) groups is 2. The summed E-state index contributed by atoms with van der Waals surface area (Å²) in [6, 6.07) is 9.84. The zero-order valence-corrected chi connectivity index (χ0v) is 10.7. The van der Waals surface area contributed by atoms with Gasteiger partial charge in [-0.15, -0.1) is 0 Å². The van der Waals surface area contributed by atoms with E-state index in [4.69, 9.17) is 9.84 Å². The summed E-state index contributed by atoms with van der Waals surface area (Å²) in [6.45, 7) is 3.54. The van der Waals surface area contributed by atoms with Gasteiger partial charge in [-0.05, 0) is 36.8 Å². The second-order valence-corrected chi connectivity index (χ2v) is 4.47. The van der Waals surface area contributed by atoms with E-state index in [0.29, 0.717) is 16.3 Å². The Labute approximate surface area is 110 Å². The first-order valence-corrected chi connectivity index (χ1v) is 5.96. The summed E-state index contributed by atoms with van der Waals surface area (Å²) in [4.78, 5) is 23.1. The number of hydrogen-bond acceptors (Lipinski definition) is 3. The van der Waals surface area contributed by atoms with Crippen LogP contribution >= 0.6 is 0 Å². The highest BCUT2D eigenvalue weighted by Crippen LogP contribution is 2.24. The van der Waals surface area contributed by atoms with E-state index in [-0.39, 0.29) is 11.7 Å². The first kappa shape index (κ1) is 13.1. The quantitative estimate of drug-likeness (QED) is 0.859. The van der Waals surface area contributed by atoms with Gasteiger partial charge in [0, 0.05) is 0 Å². The Morgan fingerprint density at radius 2 is 1.53 bits per heavy atom. The molecule has 0 radical (unpaired) electrons. The van der Waals surface area contributed by atoms with Gasteiger partial charge in [-0.3, -0.25) is 0 Å². The van der Waals surface area contributed by atoms with Crippen molar-refractivity contribution in [1.29, 1.82) is 0 Å². The molecule has 0 heterocycles. The predicted molar refractivity (Wildman–Crippen MR) is 71.5 cm³/mol. The molecule has 0 amide bonds. The minimum Gasteiger partial charge on any atom is -0.478 e. The summed E-state index contributed by atoms with van der Waals surface area (Å²) in [5.41, 5.74) is 0.561. The lowest BCUT2D eigenvalue weighted by Crippen LogP contribution is -2.12. The number of fused-ring (bicyclic) bond motifs is 1. The standard InChI is InChI=1S/C15H14O4/c1-9(2)19-15(18)13-8-7-12(14(16)17)10-5-3-4-6-11(10)13/h3-9H,1-2H3,(H,16,17). The lowest BCUT2D eigenvalue weighted by atomic mass is 9.99. The first-order chi connectivity index (χ1) is 9.00. The molecule has 0 aromatic heterocycles. The van der Waals surface area contributed by atoms with Crippen molar-refractivity contribution in [3.63, 3.8) is 0 Å². The lowest BCUT2D eigenvalue weighted by Gasteiger charge is -2.11. The van der Waals surface area contributed by atoms with Crippen molar-refractivity contribution in [1.82, 2.24) is 0 Å². The number of esters is 1. The summed E-state index contributed by atoms with van der Waals surface area (Å²) in [6.07, 6.45) is -0.217. The van der Waals surface area contributed by atoms with Gasteiger partial charge >= 0.3 is 11.9 Å². The van der Waals surface area contributed by atoms with E-state index in [9.17, 15) is 9.59 Å².